The molecule has 8 rings (SSSR count). The lowest BCUT2D eigenvalue weighted by Gasteiger charge is -2.39. The molecule has 4 saturated heterocycles. The first-order valence-electron chi connectivity index (χ1n) is 18.3. The Morgan fingerprint density at radius 1 is 1.00 bits per heavy atom. The number of fused-ring (bicyclic) bond motifs is 2. The first-order valence-corrected chi connectivity index (χ1v) is 19.8. The molecule has 5 heterocycles. The summed E-state index contributed by atoms with van der Waals surface area (Å²) < 4.78 is 51.4. The first kappa shape index (κ1) is 37.2. The predicted molar refractivity (Wildman–Crippen MR) is 200 cm³/mol. The van der Waals surface area contributed by atoms with E-state index in [1.807, 2.05) is 12.1 Å². The average Bonchev–Trinajstić information content (AvgIpc) is 3.81. The number of nitrogens with one attached hydrogen (secondary N) is 2. The van der Waals surface area contributed by atoms with Crippen LogP contribution in [-0.2, 0) is 36.4 Å². The first-order chi connectivity index (χ1) is 26.6. The molecule has 19 heteroatoms. The van der Waals surface area contributed by atoms with Crippen LogP contribution in [0.5, 0.6) is 11.5 Å². The van der Waals surface area contributed by atoms with Crippen LogP contribution in [-0.4, -0.2) is 101 Å². The molecule has 4 amide bonds. The number of nitrogens with zero attached hydrogens (tertiary/aromatic N) is 5. The quantitative estimate of drug-likeness (QED) is 0.186. The number of aromatic hydroxyl groups is 1. The molecular formula is C37H40FN7O10S. The summed E-state index contributed by atoms with van der Waals surface area (Å²) in [6.07, 6.45) is 1.71. The predicted octanol–water partition coefficient (Wildman–Crippen LogP) is 1.15. The second kappa shape index (κ2) is 13.8. The number of carbonyl (C=O) groups is 4. The summed E-state index contributed by atoms with van der Waals surface area (Å²) in [4.78, 5) is 66.3. The van der Waals surface area contributed by atoms with Crippen LogP contribution in [0.2, 0.25) is 0 Å². The lowest BCUT2D eigenvalue weighted by Crippen LogP contribution is -2.47. The zero-order valence-electron chi connectivity index (χ0n) is 30.4. The second-order valence-corrected chi connectivity index (χ2v) is 16.6. The number of aryl methyl sites for hydroxylation is 1. The smallest absolute Gasteiger partial charge is 0.329 e. The van der Waals surface area contributed by atoms with Gasteiger partial charge in [0.25, 0.3) is 5.91 Å². The molecule has 17 nitrogen and oxygen atoms in total. The zero-order chi connectivity index (χ0) is 39.7. The van der Waals surface area contributed by atoms with E-state index in [2.05, 4.69) is 10.2 Å². The van der Waals surface area contributed by atoms with E-state index >= 15 is 4.39 Å². The maximum atomic E-state index is 15.6. The van der Waals surface area contributed by atoms with Crippen molar-refractivity contribution >= 4 is 67.0 Å². The van der Waals surface area contributed by atoms with E-state index in [1.54, 1.807) is 28.8 Å². The number of rotatable bonds is 8. The number of benzene rings is 3. The number of ether oxygens (including phenoxy) is 1. The number of aromatic nitrogens is 2. The molecule has 4 aromatic rings. The van der Waals surface area contributed by atoms with Crippen molar-refractivity contribution < 1.29 is 46.9 Å². The number of piperidine rings is 2. The summed E-state index contributed by atoms with van der Waals surface area (Å²) in [6.45, 7) is 1.39. The molecule has 4 aliphatic heterocycles. The van der Waals surface area contributed by atoms with Gasteiger partial charge in [-0.3, -0.25) is 33.6 Å². The van der Waals surface area contributed by atoms with Crippen molar-refractivity contribution in [3.05, 3.63) is 58.8 Å². The van der Waals surface area contributed by atoms with E-state index in [9.17, 15) is 42.6 Å². The van der Waals surface area contributed by atoms with Crippen LogP contribution in [0.15, 0.2) is 47.3 Å². The van der Waals surface area contributed by atoms with Gasteiger partial charge in [-0.15, -0.1) is 0 Å². The number of imidazole rings is 1. The van der Waals surface area contributed by atoms with Gasteiger partial charge < -0.3 is 24.7 Å². The van der Waals surface area contributed by atoms with Gasteiger partial charge in [0.2, 0.25) is 17.7 Å². The molecule has 0 bridgehead atoms. The summed E-state index contributed by atoms with van der Waals surface area (Å²) in [7, 11) is -2.73. The summed E-state index contributed by atoms with van der Waals surface area (Å²) >= 11 is 0. The molecule has 0 radical (unpaired) electrons. The van der Waals surface area contributed by atoms with Crippen molar-refractivity contribution in [2.24, 2.45) is 13.0 Å². The van der Waals surface area contributed by atoms with Crippen LogP contribution < -0.4 is 29.7 Å². The number of anilines is 2. The number of imide groups is 1. The zero-order valence-corrected chi connectivity index (χ0v) is 31.2. The van der Waals surface area contributed by atoms with Crippen LogP contribution in [0.1, 0.15) is 44.6 Å². The fourth-order valence-corrected chi connectivity index (χ4v) is 9.38. The highest BCUT2D eigenvalue weighted by Gasteiger charge is 2.39. The van der Waals surface area contributed by atoms with Crippen molar-refractivity contribution in [2.45, 2.75) is 50.2 Å². The molecule has 0 spiro atoms. The van der Waals surface area contributed by atoms with Gasteiger partial charge in [0.1, 0.15) is 29.8 Å². The third-order valence-corrected chi connectivity index (χ3v) is 12.7. The van der Waals surface area contributed by atoms with Gasteiger partial charge in [-0.1, -0.05) is 6.07 Å². The van der Waals surface area contributed by atoms with Gasteiger partial charge in [0.05, 0.1) is 29.7 Å². The van der Waals surface area contributed by atoms with E-state index in [1.165, 1.54) is 27.3 Å². The van der Waals surface area contributed by atoms with Crippen LogP contribution in [0.3, 0.4) is 0 Å². The molecule has 56 heavy (non-hydrogen) atoms. The highest BCUT2D eigenvalue weighted by atomic mass is 32.2. The lowest BCUT2D eigenvalue weighted by atomic mass is 9.87. The Hall–Kier alpha value is -5.69. The highest BCUT2D eigenvalue weighted by Crippen LogP contribution is 2.40. The lowest BCUT2D eigenvalue weighted by molar-refractivity contribution is -0.137. The Morgan fingerprint density at radius 2 is 1.77 bits per heavy atom. The standard InChI is InChI=1S/C37H40FN7O10S/c1-41-28-15-23(3-5-26(28)45(36(41)51)27-6-7-30(47)39-35(27)50)42-12-9-37(52,10-13-42)17-32(49)43-11-8-21(18-43)20-55-24-4-2-22-14-29(46)34(33(38)25(22)16-24)44-19-31(48)40-56(44,53)54/h2-5,14-16,21,27,46,52H,6-13,17-20H2,1H3,(H,40,48)(H,39,47,50)/t21-,27?/m1/s1. The Labute approximate surface area is 319 Å². The minimum absolute atomic E-state index is 0.0117. The normalized spacial score (nSPS) is 22.2. The molecule has 0 saturated carbocycles. The Balaban J connectivity index is 0.863. The summed E-state index contributed by atoms with van der Waals surface area (Å²) in [5.74, 6) is -3.28. The Bertz CT molecular complexity index is 2490. The highest BCUT2D eigenvalue weighted by molar-refractivity contribution is 7.92. The number of phenolic OH excluding ortho intramolecular Hbond substituents is 1. The topological polar surface area (TPSA) is 213 Å². The molecule has 4 aliphatic rings. The number of amides is 4. The van der Waals surface area contributed by atoms with Crippen molar-refractivity contribution in [2.75, 3.05) is 48.5 Å². The number of hydrogen-bond acceptors (Lipinski definition) is 11. The minimum Gasteiger partial charge on any atom is -0.506 e. The molecule has 3 aromatic carbocycles. The summed E-state index contributed by atoms with van der Waals surface area (Å²) in [5, 5.41) is 24.5. The maximum absolute atomic E-state index is 15.6. The minimum atomic E-state index is -4.36. The van der Waals surface area contributed by atoms with Crippen LogP contribution >= 0.6 is 0 Å². The molecular weight excluding hydrogens is 754 g/mol. The maximum Gasteiger partial charge on any atom is 0.329 e. The number of hydrogen-bond donors (Lipinski definition) is 4. The molecule has 1 aromatic heterocycles. The van der Waals surface area contributed by atoms with Gasteiger partial charge in [-0.2, -0.15) is 8.42 Å². The summed E-state index contributed by atoms with van der Waals surface area (Å²) in [6, 6.07) is 10.5. The Morgan fingerprint density at radius 3 is 2.48 bits per heavy atom. The SMILES string of the molecule is Cn1c(=O)n(C2CCC(=O)NC2=O)c2ccc(N3CCC(O)(CC(=O)N4CC[C@@H](COc5ccc6cc(O)c(N7CC(=O)NS7(=O)=O)c(F)c6c5)C4)CC3)cc21. The Kier molecular flexibility index (Phi) is 9.18. The van der Waals surface area contributed by atoms with Crippen LogP contribution in [0, 0.1) is 11.7 Å². The number of aliphatic hydroxyl groups is 1. The summed E-state index contributed by atoms with van der Waals surface area (Å²) in [5.41, 5.74) is -0.140. The molecule has 1 unspecified atom stereocenters. The van der Waals surface area contributed by atoms with Gasteiger partial charge in [0, 0.05) is 56.6 Å². The van der Waals surface area contributed by atoms with Crippen LogP contribution in [0.4, 0.5) is 15.8 Å². The average molecular weight is 794 g/mol. The van der Waals surface area contributed by atoms with Crippen molar-refractivity contribution in [1.82, 2.24) is 24.1 Å². The van der Waals surface area contributed by atoms with E-state index < -0.39 is 57.5 Å². The van der Waals surface area contributed by atoms with Gasteiger partial charge in [0.15, 0.2) is 5.82 Å². The number of likely N-dealkylation sites (tertiary alicyclic amines) is 1. The van der Waals surface area contributed by atoms with Gasteiger partial charge in [-0.25, -0.2) is 18.2 Å². The molecule has 0 aliphatic carbocycles. The molecule has 4 N–H and O–H groups in total. The fraction of sp³-hybridized carbons (Fsp3) is 0.432. The monoisotopic (exact) mass is 793 g/mol. The third kappa shape index (κ3) is 6.67. The van der Waals surface area contributed by atoms with Crippen molar-refractivity contribution in [1.29, 1.82) is 0 Å². The number of carbonyl (C=O) groups excluding carboxylic acids is 4. The number of halogens is 1. The van der Waals surface area contributed by atoms with Crippen molar-refractivity contribution in [3.8, 4) is 11.5 Å². The number of phenols is 1. The third-order valence-electron chi connectivity index (χ3n) is 11.3. The fourth-order valence-electron chi connectivity index (χ4n) is 8.22. The molecule has 296 valence electrons. The molecule has 4 fully saturated rings. The van der Waals surface area contributed by atoms with E-state index in [4.69, 9.17) is 4.74 Å². The second-order valence-electron chi connectivity index (χ2n) is 15.0. The largest absolute Gasteiger partial charge is 0.506 e. The van der Waals surface area contributed by atoms with E-state index in [0.29, 0.717) is 71.9 Å². The van der Waals surface area contributed by atoms with E-state index in [-0.39, 0.29) is 54.7 Å². The van der Waals surface area contributed by atoms with E-state index in [0.717, 1.165) is 5.69 Å². The van der Waals surface area contributed by atoms with Crippen molar-refractivity contribution in [3.63, 3.8) is 0 Å². The molecule has 2 atom stereocenters. The van der Waals surface area contributed by atoms with Crippen LogP contribution in [0.25, 0.3) is 21.8 Å². The van der Waals surface area contributed by atoms with Gasteiger partial charge in [-0.05, 0) is 67.5 Å². The van der Waals surface area contributed by atoms with Gasteiger partial charge >= 0.3 is 15.9 Å².